The van der Waals surface area contributed by atoms with E-state index in [1.165, 1.54) is 30.4 Å². The van der Waals surface area contributed by atoms with Crippen molar-refractivity contribution < 1.29 is 4.74 Å². The van der Waals surface area contributed by atoms with Gasteiger partial charge in [-0.15, -0.1) is 0 Å². The van der Waals surface area contributed by atoms with E-state index in [1.54, 1.807) is 0 Å². The van der Waals surface area contributed by atoms with Gasteiger partial charge in [-0.2, -0.15) is 0 Å². The maximum atomic E-state index is 5.60. The van der Waals surface area contributed by atoms with Gasteiger partial charge in [-0.1, -0.05) is 6.07 Å². The van der Waals surface area contributed by atoms with E-state index >= 15 is 0 Å². The average Bonchev–Trinajstić information content (AvgIpc) is 2.71. The average molecular weight is 236 g/mol. The van der Waals surface area contributed by atoms with Crippen LogP contribution in [0, 0.1) is 0 Å². The highest BCUT2D eigenvalue weighted by Gasteiger charge is 2.10. The number of aryl methyl sites for hydroxylation is 2. The zero-order valence-electron chi connectivity index (χ0n) is 9.16. The van der Waals surface area contributed by atoms with Crippen LogP contribution in [0.3, 0.4) is 0 Å². The van der Waals surface area contributed by atoms with Crippen molar-refractivity contribution in [2.75, 3.05) is 13.2 Å². The lowest BCUT2D eigenvalue weighted by atomic mass is 10.1. The van der Waals surface area contributed by atoms with Gasteiger partial charge >= 0.3 is 0 Å². The molecule has 1 aromatic rings. The van der Waals surface area contributed by atoms with Crippen LogP contribution in [0.5, 0.6) is 5.75 Å². The molecule has 0 radical (unpaired) electrons. The molecule has 0 atom stereocenters. The molecule has 3 nitrogen and oxygen atoms in total. The largest absolute Gasteiger partial charge is 0.492 e. The summed E-state index contributed by atoms with van der Waals surface area (Å²) in [6, 6.07) is 6.34. The topological polar surface area (TPSA) is 47.3 Å². The minimum atomic E-state index is 0.317. The molecule has 0 unspecified atom stereocenters. The summed E-state index contributed by atoms with van der Waals surface area (Å²) in [4.78, 5) is 0. The first-order valence-electron chi connectivity index (χ1n) is 5.53. The number of thiocarbonyl (C=S) groups is 1. The number of hydrogen-bond acceptors (Lipinski definition) is 2. The molecule has 16 heavy (non-hydrogen) atoms. The van der Waals surface area contributed by atoms with Crippen LogP contribution in [-0.2, 0) is 12.8 Å². The van der Waals surface area contributed by atoms with Crippen LogP contribution in [0.15, 0.2) is 18.2 Å². The van der Waals surface area contributed by atoms with Crippen LogP contribution < -0.4 is 15.8 Å². The van der Waals surface area contributed by atoms with Crippen LogP contribution in [0.25, 0.3) is 0 Å². The van der Waals surface area contributed by atoms with Gasteiger partial charge in [-0.25, -0.2) is 0 Å². The van der Waals surface area contributed by atoms with Crippen molar-refractivity contribution in [3.8, 4) is 5.75 Å². The maximum absolute atomic E-state index is 5.60. The lowest BCUT2D eigenvalue weighted by Crippen LogP contribution is -2.32. The second-order valence-electron chi connectivity index (χ2n) is 3.92. The molecule has 4 heteroatoms. The van der Waals surface area contributed by atoms with E-state index in [9.17, 15) is 0 Å². The number of nitrogens with one attached hydrogen (secondary N) is 1. The molecule has 86 valence electrons. The molecule has 0 amide bonds. The summed E-state index contributed by atoms with van der Waals surface area (Å²) < 4.78 is 5.60. The summed E-state index contributed by atoms with van der Waals surface area (Å²) in [5, 5.41) is 3.17. The van der Waals surface area contributed by atoms with Gasteiger partial charge in [0.1, 0.15) is 12.4 Å². The third-order valence-electron chi connectivity index (χ3n) is 2.74. The van der Waals surface area contributed by atoms with E-state index in [0.29, 0.717) is 18.3 Å². The Bertz CT molecular complexity index is 393. The molecule has 1 aromatic carbocycles. The highest BCUT2D eigenvalue weighted by Crippen LogP contribution is 2.25. The molecule has 3 N–H and O–H groups in total. The van der Waals surface area contributed by atoms with Crippen molar-refractivity contribution in [3.05, 3.63) is 29.3 Å². The Morgan fingerprint density at radius 1 is 1.38 bits per heavy atom. The number of benzene rings is 1. The number of fused-ring (bicyclic) bond motifs is 1. The van der Waals surface area contributed by atoms with Crippen LogP contribution >= 0.6 is 12.2 Å². The number of rotatable bonds is 4. The van der Waals surface area contributed by atoms with Crippen molar-refractivity contribution in [1.82, 2.24) is 5.32 Å². The third-order valence-corrected chi connectivity index (χ3v) is 2.88. The van der Waals surface area contributed by atoms with Crippen molar-refractivity contribution >= 4 is 17.3 Å². The van der Waals surface area contributed by atoms with Crippen LogP contribution in [0.2, 0.25) is 0 Å². The first kappa shape index (κ1) is 11.2. The zero-order valence-corrected chi connectivity index (χ0v) is 9.98. The fourth-order valence-electron chi connectivity index (χ4n) is 1.98. The Hall–Kier alpha value is -1.29. The van der Waals surface area contributed by atoms with E-state index in [0.717, 1.165) is 5.75 Å². The summed E-state index contributed by atoms with van der Waals surface area (Å²) in [5.74, 6) is 0.936. The maximum Gasteiger partial charge on any atom is 0.163 e. The molecular weight excluding hydrogens is 220 g/mol. The smallest absolute Gasteiger partial charge is 0.163 e. The quantitative estimate of drug-likeness (QED) is 0.612. The van der Waals surface area contributed by atoms with Crippen molar-refractivity contribution in [2.24, 2.45) is 5.73 Å². The highest BCUT2D eigenvalue weighted by atomic mass is 32.1. The van der Waals surface area contributed by atoms with E-state index in [4.69, 9.17) is 22.7 Å². The normalized spacial score (nSPS) is 13.2. The van der Waals surface area contributed by atoms with Gasteiger partial charge in [0.05, 0.1) is 6.54 Å². The molecule has 0 spiro atoms. The lowest BCUT2D eigenvalue weighted by Gasteiger charge is -2.08. The fraction of sp³-hybridized carbons (Fsp3) is 0.417. The lowest BCUT2D eigenvalue weighted by molar-refractivity contribution is 0.322. The second kappa shape index (κ2) is 5.16. The van der Waals surface area contributed by atoms with Crippen molar-refractivity contribution in [3.63, 3.8) is 0 Å². The molecule has 0 aromatic heterocycles. The van der Waals surface area contributed by atoms with Crippen LogP contribution in [0.1, 0.15) is 17.5 Å². The molecular formula is C12H16N2OS. The second-order valence-corrected chi connectivity index (χ2v) is 4.36. The van der Waals surface area contributed by atoms with Gasteiger partial charge in [-0.05, 0) is 54.7 Å². The van der Waals surface area contributed by atoms with E-state index in [1.807, 2.05) is 6.07 Å². The summed E-state index contributed by atoms with van der Waals surface area (Å²) in [7, 11) is 0. The fourth-order valence-corrected chi connectivity index (χ4v) is 2.08. The molecule has 1 aliphatic carbocycles. The van der Waals surface area contributed by atoms with Crippen LogP contribution in [0.4, 0.5) is 0 Å². The predicted octanol–water partition coefficient (Wildman–Crippen LogP) is 1.39. The van der Waals surface area contributed by atoms with E-state index in [-0.39, 0.29) is 0 Å². The Labute approximate surface area is 101 Å². The molecule has 2 rings (SSSR count). The van der Waals surface area contributed by atoms with Gasteiger partial charge in [0.15, 0.2) is 5.11 Å². The number of nitrogens with two attached hydrogens (primary N) is 1. The number of ether oxygens (including phenoxy) is 1. The Morgan fingerprint density at radius 2 is 2.19 bits per heavy atom. The van der Waals surface area contributed by atoms with Gasteiger partial charge in [0.25, 0.3) is 0 Å². The minimum Gasteiger partial charge on any atom is -0.492 e. The first-order chi connectivity index (χ1) is 7.75. The van der Waals surface area contributed by atoms with E-state index in [2.05, 4.69) is 17.4 Å². The third kappa shape index (κ3) is 2.85. The van der Waals surface area contributed by atoms with Gasteiger partial charge in [0.2, 0.25) is 0 Å². The Morgan fingerprint density at radius 3 is 3.00 bits per heavy atom. The van der Waals surface area contributed by atoms with Crippen molar-refractivity contribution in [1.29, 1.82) is 0 Å². The molecule has 1 aliphatic rings. The summed E-state index contributed by atoms with van der Waals surface area (Å²) in [5.41, 5.74) is 8.21. The molecule has 0 bridgehead atoms. The van der Waals surface area contributed by atoms with E-state index < -0.39 is 0 Å². The highest BCUT2D eigenvalue weighted by molar-refractivity contribution is 7.80. The summed E-state index contributed by atoms with van der Waals surface area (Å²) in [6.07, 6.45) is 3.65. The molecule has 0 aliphatic heterocycles. The molecule has 0 heterocycles. The standard InChI is InChI=1S/C12H16N2OS/c13-12(16)14-6-7-15-11-5-4-9-2-1-3-10(9)8-11/h4-5,8H,1-3,6-7H2,(H3,13,14,16). The number of hydrogen-bond donors (Lipinski definition) is 2. The van der Waals surface area contributed by atoms with Gasteiger partial charge < -0.3 is 15.8 Å². The first-order valence-corrected chi connectivity index (χ1v) is 5.94. The zero-order chi connectivity index (χ0) is 11.4. The van der Waals surface area contributed by atoms with Crippen molar-refractivity contribution in [2.45, 2.75) is 19.3 Å². The molecule has 0 fully saturated rings. The monoisotopic (exact) mass is 236 g/mol. The molecule has 0 saturated heterocycles. The van der Waals surface area contributed by atoms with Gasteiger partial charge in [0, 0.05) is 0 Å². The summed E-state index contributed by atoms with van der Waals surface area (Å²) >= 11 is 4.70. The van der Waals surface area contributed by atoms with Gasteiger partial charge in [-0.3, -0.25) is 0 Å². The minimum absolute atomic E-state index is 0.317. The Balaban J connectivity index is 1.83. The Kier molecular flexibility index (Phi) is 3.62. The predicted molar refractivity (Wildman–Crippen MR) is 68.8 cm³/mol. The summed E-state index contributed by atoms with van der Waals surface area (Å²) in [6.45, 7) is 1.22. The molecule has 0 saturated carbocycles. The SMILES string of the molecule is NC(=S)NCCOc1ccc2c(c1)CCC2. The van der Waals surface area contributed by atoms with Crippen LogP contribution in [-0.4, -0.2) is 18.3 Å².